The lowest BCUT2D eigenvalue weighted by molar-refractivity contribution is -0.137. The number of amides is 2. The van der Waals surface area contributed by atoms with Crippen molar-refractivity contribution < 1.29 is 22.7 Å². The summed E-state index contributed by atoms with van der Waals surface area (Å²) in [6.45, 7) is 3.82. The van der Waals surface area contributed by atoms with Gasteiger partial charge in [0, 0.05) is 69.9 Å². The zero-order valence-corrected chi connectivity index (χ0v) is 29.8. The van der Waals surface area contributed by atoms with Crippen molar-refractivity contribution in [2.45, 2.75) is 11.3 Å². The fraction of sp³-hybridized carbons (Fsp3) is 0.324. The number of nitrogens with one attached hydrogen (secondary N) is 1. The van der Waals surface area contributed by atoms with Gasteiger partial charge < -0.3 is 24.8 Å². The molecule has 0 aliphatic carbocycles. The van der Waals surface area contributed by atoms with Crippen LogP contribution in [0.1, 0.15) is 17.0 Å². The van der Waals surface area contributed by atoms with Crippen molar-refractivity contribution in [3.8, 4) is 0 Å². The summed E-state index contributed by atoms with van der Waals surface area (Å²) in [6, 6.07) is 21.2. The molecule has 4 heterocycles. The highest BCUT2D eigenvalue weighted by atomic mass is 32.2. The van der Waals surface area contributed by atoms with Crippen molar-refractivity contribution in [2.75, 3.05) is 69.9 Å². The molecule has 3 aromatic carbocycles. The van der Waals surface area contributed by atoms with Gasteiger partial charge in [-0.1, -0.05) is 42.5 Å². The molecule has 0 spiro atoms. The highest BCUT2D eigenvalue weighted by molar-refractivity contribution is 7.93. The average Bonchev–Trinajstić information content (AvgIpc) is 3.47. The molecule has 15 heteroatoms. The molecular weight excluding hydrogens is 683 g/mol. The van der Waals surface area contributed by atoms with Crippen LogP contribution in [0.15, 0.2) is 83.9 Å². The highest BCUT2D eigenvalue weighted by Gasteiger charge is 2.33. The number of carbonyl (C=O) groups excluding carboxylic acids is 2. The van der Waals surface area contributed by atoms with Gasteiger partial charge >= 0.3 is 0 Å². The molecule has 2 saturated heterocycles. The highest BCUT2D eigenvalue weighted by Crippen LogP contribution is 2.31. The second kappa shape index (κ2) is 14.7. The van der Waals surface area contributed by atoms with E-state index in [9.17, 15) is 18.0 Å². The lowest BCUT2D eigenvalue weighted by Gasteiger charge is -2.37. The number of pyridine rings is 1. The first-order chi connectivity index (χ1) is 25.1. The largest absolute Gasteiger partial charge is 0.384 e. The van der Waals surface area contributed by atoms with E-state index in [0.29, 0.717) is 86.6 Å². The first-order valence-corrected chi connectivity index (χ1v) is 18.6. The van der Waals surface area contributed by atoms with Gasteiger partial charge in [-0.25, -0.2) is 13.4 Å². The molecule has 7 rings (SSSR count). The van der Waals surface area contributed by atoms with Crippen LogP contribution < -0.4 is 10.0 Å². The van der Waals surface area contributed by atoms with Crippen molar-refractivity contribution in [1.29, 1.82) is 5.41 Å². The number of sulfonamides is 1. The second-order valence-electron chi connectivity index (χ2n) is 13.0. The normalized spacial score (nSPS) is 15.6. The predicted molar refractivity (Wildman–Crippen MR) is 198 cm³/mol. The molecule has 2 aliphatic heterocycles. The van der Waals surface area contributed by atoms with Gasteiger partial charge in [-0.15, -0.1) is 0 Å². The van der Waals surface area contributed by atoms with E-state index in [1.165, 1.54) is 6.07 Å². The molecule has 2 aromatic heterocycles. The Kier molecular flexibility index (Phi) is 9.90. The van der Waals surface area contributed by atoms with E-state index in [4.69, 9.17) is 20.9 Å². The first kappa shape index (κ1) is 35.0. The maximum atomic E-state index is 14.6. The quantitative estimate of drug-likeness (QED) is 0.162. The first-order valence-electron chi connectivity index (χ1n) is 17.2. The van der Waals surface area contributed by atoms with Gasteiger partial charge in [0.25, 0.3) is 10.0 Å². The van der Waals surface area contributed by atoms with Crippen molar-refractivity contribution in [1.82, 2.24) is 29.2 Å². The number of rotatable bonds is 10. The molecule has 52 heavy (non-hydrogen) atoms. The zero-order valence-electron chi connectivity index (χ0n) is 28.9. The molecule has 0 bridgehead atoms. The lowest BCUT2D eigenvalue weighted by Crippen LogP contribution is -2.54. The van der Waals surface area contributed by atoms with Crippen LogP contribution >= 0.6 is 0 Å². The number of nitrogens with two attached hydrogens (primary N) is 1. The summed E-state index contributed by atoms with van der Waals surface area (Å²) >= 11 is 0. The van der Waals surface area contributed by atoms with E-state index in [2.05, 4.69) is 4.98 Å². The molecule has 0 saturated carbocycles. The smallest absolute Gasteiger partial charge is 0.266 e. The number of aryl methyl sites for hydroxylation is 1. The summed E-state index contributed by atoms with van der Waals surface area (Å²) in [5, 5.41) is 8.33. The van der Waals surface area contributed by atoms with Gasteiger partial charge in [0.05, 0.1) is 42.0 Å². The molecular formula is C37H41N9O5S. The summed E-state index contributed by atoms with van der Waals surface area (Å²) in [5.41, 5.74) is 9.24. The number of nitrogens with zero attached hydrogens (tertiary/aromatic N) is 7. The van der Waals surface area contributed by atoms with Crippen molar-refractivity contribution in [2.24, 2.45) is 12.8 Å². The van der Waals surface area contributed by atoms with Crippen LogP contribution in [0.4, 0.5) is 5.69 Å². The number of ether oxygens (including phenoxy) is 1. The van der Waals surface area contributed by atoms with Crippen LogP contribution in [0.2, 0.25) is 0 Å². The molecule has 2 fully saturated rings. The Morgan fingerprint density at radius 1 is 0.904 bits per heavy atom. The van der Waals surface area contributed by atoms with E-state index >= 15 is 0 Å². The molecule has 2 aliphatic rings. The minimum absolute atomic E-state index is 0.000610. The minimum Gasteiger partial charge on any atom is -0.384 e. The number of anilines is 1. The Bertz CT molecular complexity index is 2240. The number of aromatic nitrogens is 3. The average molecular weight is 724 g/mol. The minimum atomic E-state index is -4.29. The maximum absolute atomic E-state index is 14.6. The molecule has 5 aromatic rings. The van der Waals surface area contributed by atoms with Crippen LogP contribution in [0.3, 0.4) is 0 Å². The molecule has 0 atom stereocenters. The maximum Gasteiger partial charge on any atom is 0.266 e. The molecule has 14 nitrogen and oxygen atoms in total. The number of nitrogen functional groups attached to an aromatic ring is 1. The summed E-state index contributed by atoms with van der Waals surface area (Å²) in [5.74, 6) is 0.462. The van der Waals surface area contributed by atoms with Crippen LogP contribution in [0, 0.1) is 5.41 Å². The lowest BCUT2D eigenvalue weighted by atomic mass is 10.1. The number of hydrogen-bond acceptors (Lipinski definition) is 9. The molecule has 3 N–H and O–H groups in total. The Balaban J connectivity index is 1.15. The van der Waals surface area contributed by atoms with E-state index < -0.39 is 16.6 Å². The van der Waals surface area contributed by atoms with Crippen molar-refractivity contribution in [3.05, 3.63) is 95.9 Å². The zero-order chi connectivity index (χ0) is 36.4. The van der Waals surface area contributed by atoms with E-state index in [-0.39, 0.29) is 29.1 Å². The number of para-hydroxylation sites is 1. The predicted octanol–water partition coefficient (Wildman–Crippen LogP) is 2.19. The standard InChI is InChI=1S/C37H41N9O5S/c1-42-31-12-11-29(23-30(31)41-33(42)22-26-7-9-28(10-8-26)37(38)39)46(52(49,50)32-6-2-4-27-5-3-13-40-36(27)32)25-35(48)44-16-14-43(15-17-44)24-34(47)45-18-20-51-21-19-45/h2-13,23H,14-22,24-25H2,1H3,(H3,38,39). The number of piperazine rings is 1. The number of benzene rings is 3. The summed E-state index contributed by atoms with van der Waals surface area (Å²) in [7, 11) is -2.39. The number of imidazole rings is 1. The Morgan fingerprint density at radius 2 is 1.62 bits per heavy atom. The molecule has 0 radical (unpaired) electrons. The summed E-state index contributed by atoms with van der Waals surface area (Å²) < 4.78 is 37.7. The monoisotopic (exact) mass is 723 g/mol. The number of carbonyl (C=O) groups is 2. The fourth-order valence-electron chi connectivity index (χ4n) is 6.74. The number of morpholine rings is 1. The number of hydrogen-bond donors (Lipinski definition) is 2. The van der Waals surface area contributed by atoms with E-state index in [1.807, 2.05) is 34.7 Å². The fourth-order valence-corrected chi connectivity index (χ4v) is 8.31. The van der Waals surface area contributed by atoms with Crippen molar-refractivity contribution in [3.63, 3.8) is 0 Å². The van der Waals surface area contributed by atoms with Crippen LogP contribution in [0.5, 0.6) is 0 Å². The third-order valence-corrected chi connectivity index (χ3v) is 11.6. The van der Waals surface area contributed by atoms with Gasteiger partial charge in [0.1, 0.15) is 23.1 Å². The molecule has 0 unspecified atom stereocenters. The van der Waals surface area contributed by atoms with Gasteiger partial charge in [0.2, 0.25) is 11.8 Å². The number of amidine groups is 1. The van der Waals surface area contributed by atoms with E-state index in [0.717, 1.165) is 21.2 Å². The van der Waals surface area contributed by atoms with Crippen molar-refractivity contribution >= 4 is 55.3 Å². The van der Waals surface area contributed by atoms with E-state index in [1.54, 1.807) is 64.5 Å². The van der Waals surface area contributed by atoms with Gasteiger partial charge in [-0.3, -0.25) is 29.2 Å². The molecule has 2 amide bonds. The third kappa shape index (κ3) is 7.20. The summed E-state index contributed by atoms with van der Waals surface area (Å²) in [6.07, 6.45) is 2.06. The van der Waals surface area contributed by atoms with Crippen LogP contribution in [-0.4, -0.2) is 121 Å². The topological polar surface area (TPSA) is 171 Å². The van der Waals surface area contributed by atoms with Crippen LogP contribution in [0.25, 0.3) is 21.9 Å². The third-order valence-electron chi connectivity index (χ3n) is 9.76. The SMILES string of the molecule is Cn1c(Cc2ccc(C(=N)N)cc2)nc2cc(N(CC(=O)N3CCN(CC(=O)N4CCOCC4)CC3)S(=O)(=O)c3cccc4cccnc34)ccc21. The Labute approximate surface area is 301 Å². The summed E-state index contributed by atoms with van der Waals surface area (Å²) in [4.78, 5) is 41.5. The van der Waals surface area contributed by atoms with Crippen LogP contribution in [-0.2, 0) is 37.8 Å². The Morgan fingerprint density at radius 3 is 2.35 bits per heavy atom. The van der Waals surface area contributed by atoms with Gasteiger partial charge in [0.15, 0.2) is 0 Å². The van der Waals surface area contributed by atoms with Gasteiger partial charge in [-0.05, 0) is 35.9 Å². The number of fused-ring (bicyclic) bond motifs is 2. The molecule has 270 valence electrons. The Hall–Kier alpha value is -5.38. The second-order valence-corrected chi connectivity index (χ2v) is 14.9. The van der Waals surface area contributed by atoms with Gasteiger partial charge in [-0.2, -0.15) is 0 Å².